The molecular weight excluding hydrogens is 314 g/mol. The maximum absolute atomic E-state index is 11.6. The number of hydrogen-bond donors (Lipinski definition) is 0. The van der Waals surface area contributed by atoms with Crippen LogP contribution in [0, 0.1) is 16.0 Å². The molecular formula is C13H14BrNO4. The second-order valence-corrected chi connectivity index (χ2v) is 5.20. The van der Waals surface area contributed by atoms with Crippen LogP contribution in [-0.4, -0.2) is 23.0 Å². The Balaban J connectivity index is 3.28. The summed E-state index contributed by atoms with van der Waals surface area (Å²) in [4.78, 5) is 33.6. The zero-order valence-corrected chi connectivity index (χ0v) is 12.2. The highest BCUT2D eigenvalue weighted by Crippen LogP contribution is 2.32. The highest BCUT2D eigenvalue weighted by molar-refractivity contribution is 9.10. The highest BCUT2D eigenvalue weighted by Gasteiger charge is 2.35. The van der Waals surface area contributed by atoms with Crippen LogP contribution >= 0.6 is 15.9 Å². The molecule has 102 valence electrons. The first-order valence-corrected chi connectivity index (χ1v) is 6.51. The van der Waals surface area contributed by atoms with Crippen molar-refractivity contribution in [3.8, 4) is 0 Å². The average molecular weight is 328 g/mol. The summed E-state index contributed by atoms with van der Waals surface area (Å²) in [6.45, 7) is 2.12. The second-order valence-electron chi connectivity index (χ2n) is 4.34. The predicted molar refractivity (Wildman–Crippen MR) is 73.6 cm³/mol. The van der Waals surface area contributed by atoms with Crippen LogP contribution in [0.15, 0.2) is 28.7 Å². The number of rotatable bonds is 6. The van der Waals surface area contributed by atoms with E-state index in [1.807, 2.05) is 0 Å². The van der Waals surface area contributed by atoms with E-state index in [1.54, 1.807) is 24.3 Å². The van der Waals surface area contributed by atoms with Gasteiger partial charge in [-0.1, -0.05) is 34.1 Å². The Labute approximate surface area is 119 Å². The number of hydrogen-bond acceptors (Lipinski definition) is 4. The molecule has 0 aliphatic heterocycles. The van der Waals surface area contributed by atoms with Gasteiger partial charge in [0.1, 0.15) is 11.6 Å². The van der Waals surface area contributed by atoms with Crippen LogP contribution in [0.4, 0.5) is 0 Å². The van der Waals surface area contributed by atoms with Crippen molar-refractivity contribution in [2.24, 2.45) is 5.92 Å². The van der Waals surface area contributed by atoms with Crippen LogP contribution in [0.25, 0.3) is 0 Å². The Morgan fingerprint density at radius 2 is 1.79 bits per heavy atom. The molecule has 0 aromatic heterocycles. The third-order valence-corrected chi connectivity index (χ3v) is 3.65. The van der Waals surface area contributed by atoms with E-state index in [-0.39, 0.29) is 11.6 Å². The lowest BCUT2D eigenvalue weighted by molar-refractivity contribution is -0.484. The lowest BCUT2D eigenvalue weighted by Gasteiger charge is -2.21. The van der Waals surface area contributed by atoms with Crippen molar-refractivity contribution in [1.29, 1.82) is 0 Å². The van der Waals surface area contributed by atoms with Gasteiger partial charge in [-0.25, -0.2) is 0 Å². The molecule has 0 spiro atoms. The Morgan fingerprint density at radius 1 is 1.26 bits per heavy atom. The zero-order valence-electron chi connectivity index (χ0n) is 10.6. The summed E-state index contributed by atoms with van der Waals surface area (Å²) in [5.41, 5.74) is 0.606. The fourth-order valence-corrected chi connectivity index (χ4v) is 2.75. The fourth-order valence-electron chi connectivity index (χ4n) is 2.17. The molecule has 1 atom stereocenters. The molecule has 0 saturated heterocycles. The van der Waals surface area contributed by atoms with Crippen LogP contribution in [0.5, 0.6) is 0 Å². The summed E-state index contributed by atoms with van der Waals surface area (Å²) in [6.07, 6.45) is 0. The van der Waals surface area contributed by atoms with Gasteiger partial charge in [-0.2, -0.15) is 0 Å². The molecule has 1 rings (SSSR count). The molecule has 0 aliphatic carbocycles. The molecule has 0 heterocycles. The molecule has 6 heteroatoms. The molecule has 0 amide bonds. The Bertz CT molecular complexity index is 501. The molecule has 5 nitrogen and oxygen atoms in total. The summed E-state index contributed by atoms with van der Waals surface area (Å²) in [5.74, 6) is -2.44. The van der Waals surface area contributed by atoms with Gasteiger partial charge >= 0.3 is 0 Å². The molecule has 0 aliphatic rings. The summed E-state index contributed by atoms with van der Waals surface area (Å²) in [6, 6.07) is 6.93. The van der Waals surface area contributed by atoms with E-state index >= 15 is 0 Å². The first-order valence-electron chi connectivity index (χ1n) is 5.71. The number of benzene rings is 1. The van der Waals surface area contributed by atoms with E-state index < -0.39 is 23.3 Å². The van der Waals surface area contributed by atoms with Gasteiger partial charge in [0.25, 0.3) is 0 Å². The van der Waals surface area contributed by atoms with E-state index in [0.29, 0.717) is 10.0 Å². The predicted octanol–water partition coefficient (Wildman–Crippen LogP) is 2.60. The molecule has 0 radical (unpaired) electrons. The second kappa shape index (κ2) is 6.56. The largest absolute Gasteiger partial charge is 0.299 e. The van der Waals surface area contributed by atoms with Gasteiger partial charge < -0.3 is 0 Å². The van der Waals surface area contributed by atoms with E-state index in [9.17, 15) is 19.7 Å². The first kappa shape index (κ1) is 15.5. The number of halogens is 1. The highest BCUT2D eigenvalue weighted by atomic mass is 79.9. The van der Waals surface area contributed by atoms with Crippen molar-refractivity contribution < 1.29 is 14.5 Å². The summed E-state index contributed by atoms with van der Waals surface area (Å²) in [7, 11) is 0. The Hall–Kier alpha value is -1.56. The van der Waals surface area contributed by atoms with Crippen molar-refractivity contribution in [3.63, 3.8) is 0 Å². The van der Waals surface area contributed by atoms with Crippen LogP contribution < -0.4 is 0 Å². The van der Waals surface area contributed by atoms with Crippen molar-refractivity contribution >= 4 is 27.5 Å². The molecule has 0 bridgehead atoms. The number of ketones is 2. The van der Waals surface area contributed by atoms with Gasteiger partial charge in [-0.15, -0.1) is 0 Å². The van der Waals surface area contributed by atoms with Gasteiger partial charge in [0.05, 0.1) is 11.8 Å². The van der Waals surface area contributed by atoms with Gasteiger partial charge in [0.15, 0.2) is 0 Å². The van der Waals surface area contributed by atoms with Gasteiger partial charge in [-0.05, 0) is 25.5 Å². The number of carbonyl (C=O) groups is 2. The molecule has 0 N–H and O–H groups in total. The molecule has 0 unspecified atom stereocenters. The Morgan fingerprint density at radius 3 is 2.21 bits per heavy atom. The van der Waals surface area contributed by atoms with Crippen LogP contribution in [-0.2, 0) is 9.59 Å². The minimum atomic E-state index is -0.982. The third-order valence-electron chi connectivity index (χ3n) is 2.93. The third kappa shape index (κ3) is 3.96. The summed E-state index contributed by atoms with van der Waals surface area (Å²) < 4.78 is 0.661. The van der Waals surface area contributed by atoms with Gasteiger partial charge in [-0.3, -0.25) is 19.7 Å². The monoisotopic (exact) mass is 327 g/mol. The number of Topliss-reactive ketones (excluding diaryl/α,β-unsaturated/α-hetero) is 2. The van der Waals surface area contributed by atoms with E-state index in [4.69, 9.17) is 0 Å². The molecule has 1 aromatic rings. The summed E-state index contributed by atoms with van der Waals surface area (Å²) in [5, 5.41) is 10.8. The zero-order chi connectivity index (χ0) is 14.6. The lowest BCUT2D eigenvalue weighted by atomic mass is 9.81. The maximum atomic E-state index is 11.6. The minimum absolute atomic E-state index is 0.352. The van der Waals surface area contributed by atoms with Crippen molar-refractivity contribution in [1.82, 2.24) is 0 Å². The molecule has 0 saturated carbocycles. The van der Waals surface area contributed by atoms with Crippen molar-refractivity contribution in [3.05, 3.63) is 44.4 Å². The number of nitrogens with zero attached hydrogens (tertiary/aromatic N) is 1. The quantitative estimate of drug-likeness (QED) is 0.457. The maximum Gasteiger partial charge on any atom is 0.211 e. The molecule has 19 heavy (non-hydrogen) atoms. The normalized spacial score (nSPS) is 12.2. The molecule has 0 fully saturated rings. The first-order chi connectivity index (χ1) is 8.84. The standard InChI is InChI=1S/C13H14BrNO4/c1-8(16)13(9(2)17)11(7-15(18)19)10-5-3-4-6-12(10)14/h3-6,11,13H,7H2,1-2H3/t11-/m1/s1. The van der Waals surface area contributed by atoms with Crippen LogP contribution in [0.3, 0.4) is 0 Å². The molecule has 1 aromatic carbocycles. The SMILES string of the molecule is CC(=O)C(C(C)=O)[C@H](C[N+](=O)[O-])c1ccccc1Br. The Kier molecular flexibility index (Phi) is 5.35. The van der Waals surface area contributed by atoms with E-state index in [2.05, 4.69) is 15.9 Å². The lowest BCUT2D eigenvalue weighted by Crippen LogP contribution is -2.31. The topological polar surface area (TPSA) is 77.3 Å². The van der Waals surface area contributed by atoms with Crippen LogP contribution in [0.2, 0.25) is 0 Å². The number of carbonyl (C=O) groups excluding carboxylic acids is 2. The smallest absolute Gasteiger partial charge is 0.211 e. The van der Waals surface area contributed by atoms with Gasteiger partial charge in [0, 0.05) is 9.40 Å². The minimum Gasteiger partial charge on any atom is -0.299 e. The number of nitro groups is 1. The van der Waals surface area contributed by atoms with Crippen LogP contribution in [0.1, 0.15) is 25.3 Å². The average Bonchev–Trinajstić information content (AvgIpc) is 2.27. The van der Waals surface area contributed by atoms with Gasteiger partial charge in [0.2, 0.25) is 6.54 Å². The fraction of sp³-hybridized carbons (Fsp3) is 0.385. The summed E-state index contributed by atoms with van der Waals surface area (Å²) >= 11 is 3.31. The van der Waals surface area contributed by atoms with E-state index in [0.717, 1.165) is 0 Å². The van der Waals surface area contributed by atoms with Crippen molar-refractivity contribution in [2.75, 3.05) is 6.54 Å². The van der Waals surface area contributed by atoms with Crippen molar-refractivity contribution in [2.45, 2.75) is 19.8 Å². The van der Waals surface area contributed by atoms with E-state index in [1.165, 1.54) is 13.8 Å².